The fourth-order valence-electron chi connectivity index (χ4n) is 3.72. The lowest BCUT2D eigenvalue weighted by Gasteiger charge is -2.47. The van der Waals surface area contributed by atoms with Crippen LogP contribution in [0.4, 0.5) is 0 Å². The highest BCUT2D eigenvalue weighted by atomic mass is 35.5. The third kappa shape index (κ3) is 5.57. The van der Waals surface area contributed by atoms with Crippen molar-refractivity contribution in [3.05, 3.63) is 70.7 Å². The minimum Gasteiger partial charge on any atom is -0.479 e. The molecule has 0 heterocycles. The summed E-state index contributed by atoms with van der Waals surface area (Å²) in [7, 11) is 0. The Kier molecular flexibility index (Phi) is 8.05. The number of halogens is 1. The molecule has 5 heteroatoms. The van der Waals surface area contributed by atoms with E-state index in [1.807, 2.05) is 12.1 Å². The topological polar surface area (TPSA) is 83.6 Å². The number of aliphatic hydroxyl groups excluding tert-OH is 1. The maximum Gasteiger partial charge on any atom is 0.337 e. The van der Waals surface area contributed by atoms with Crippen LogP contribution in [0.2, 0.25) is 5.02 Å². The first-order chi connectivity index (χ1) is 13.3. The highest BCUT2D eigenvalue weighted by Crippen LogP contribution is 2.47. The summed E-state index contributed by atoms with van der Waals surface area (Å²) >= 11 is 5.96. The van der Waals surface area contributed by atoms with Gasteiger partial charge in [0, 0.05) is 16.5 Å². The maximum atomic E-state index is 10.2. The predicted molar refractivity (Wildman–Crippen MR) is 113 cm³/mol. The molecule has 1 fully saturated rings. The summed E-state index contributed by atoms with van der Waals surface area (Å²) in [6, 6.07) is 16.8. The highest BCUT2D eigenvalue weighted by molar-refractivity contribution is 6.30. The first kappa shape index (κ1) is 22.4. The smallest absolute Gasteiger partial charge is 0.337 e. The van der Waals surface area contributed by atoms with E-state index in [2.05, 4.69) is 26.0 Å². The van der Waals surface area contributed by atoms with Gasteiger partial charge in [0.1, 0.15) is 0 Å². The van der Waals surface area contributed by atoms with Crippen molar-refractivity contribution in [3.8, 4) is 0 Å². The van der Waals surface area contributed by atoms with Gasteiger partial charge >= 0.3 is 5.97 Å². The Morgan fingerprint density at radius 2 is 1.68 bits per heavy atom. The summed E-state index contributed by atoms with van der Waals surface area (Å²) in [5.41, 5.74) is 8.45. The van der Waals surface area contributed by atoms with E-state index in [4.69, 9.17) is 27.5 Å². The number of nitrogens with two attached hydrogens (primary N) is 1. The molecule has 2 aromatic rings. The standard InChI is InChI=1S/C15H22ClN.C8H8O3/c1-11(2)10-14(17)15(8-3-9-15)12-4-6-13(16)7-5-12;9-7(8(10)11)6-4-2-1-3-5-6/h4-7,11,14H,3,8-10,17H2,1-2H3;1-5,7,9H,(H,10,11)/t14-;/m1./s1. The van der Waals surface area contributed by atoms with Crippen LogP contribution in [-0.4, -0.2) is 22.2 Å². The Morgan fingerprint density at radius 3 is 2.11 bits per heavy atom. The average molecular weight is 404 g/mol. The van der Waals surface area contributed by atoms with Crippen LogP contribution in [-0.2, 0) is 10.2 Å². The van der Waals surface area contributed by atoms with E-state index in [0.717, 1.165) is 11.4 Å². The van der Waals surface area contributed by atoms with E-state index in [-0.39, 0.29) is 11.5 Å². The molecule has 1 aliphatic rings. The molecule has 0 amide bonds. The molecule has 0 bridgehead atoms. The molecule has 1 unspecified atom stereocenters. The summed E-state index contributed by atoms with van der Waals surface area (Å²) in [5, 5.41) is 18.2. The number of carboxylic acids is 1. The van der Waals surface area contributed by atoms with Crippen molar-refractivity contribution in [2.24, 2.45) is 11.7 Å². The second-order valence-corrected chi connectivity index (χ2v) is 8.34. The van der Waals surface area contributed by atoms with E-state index in [0.29, 0.717) is 11.5 Å². The van der Waals surface area contributed by atoms with Gasteiger partial charge in [0.25, 0.3) is 0 Å². The number of aliphatic carboxylic acids is 1. The van der Waals surface area contributed by atoms with Crippen molar-refractivity contribution >= 4 is 17.6 Å². The van der Waals surface area contributed by atoms with Gasteiger partial charge in [-0.25, -0.2) is 4.79 Å². The third-order valence-electron chi connectivity index (χ3n) is 5.45. The number of carbonyl (C=O) groups is 1. The van der Waals surface area contributed by atoms with Crippen molar-refractivity contribution in [1.29, 1.82) is 0 Å². The lowest BCUT2D eigenvalue weighted by atomic mass is 9.59. The molecule has 3 rings (SSSR count). The maximum absolute atomic E-state index is 10.2. The van der Waals surface area contributed by atoms with Gasteiger partial charge in [0.15, 0.2) is 6.10 Å². The van der Waals surface area contributed by atoms with Crippen LogP contribution >= 0.6 is 11.6 Å². The molecule has 1 saturated carbocycles. The lowest BCUT2D eigenvalue weighted by molar-refractivity contribution is -0.146. The van der Waals surface area contributed by atoms with E-state index >= 15 is 0 Å². The van der Waals surface area contributed by atoms with Crippen LogP contribution in [0.1, 0.15) is 56.8 Å². The first-order valence-corrected chi connectivity index (χ1v) is 10.1. The van der Waals surface area contributed by atoms with Crippen LogP contribution in [0.5, 0.6) is 0 Å². The van der Waals surface area contributed by atoms with Gasteiger partial charge in [-0.3, -0.25) is 0 Å². The number of aliphatic hydroxyl groups is 1. The van der Waals surface area contributed by atoms with E-state index in [1.54, 1.807) is 30.3 Å². The Hall–Kier alpha value is -1.88. The van der Waals surface area contributed by atoms with Crippen LogP contribution in [0.15, 0.2) is 54.6 Å². The largest absolute Gasteiger partial charge is 0.479 e. The molecule has 1 aliphatic carbocycles. The van der Waals surface area contributed by atoms with Gasteiger partial charge in [-0.1, -0.05) is 74.3 Å². The Labute approximate surface area is 172 Å². The number of hydrogen-bond donors (Lipinski definition) is 3. The van der Waals surface area contributed by atoms with Crippen molar-refractivity contribution < 1.29 is 15.0 Å². The zero-order valence-electron chi connectivity index (χ0n) is 16.5. The second-order valence-electron chi connectivity index (χ2n) is 7.90. The molecule has 2 aromatic carbocycles. The monoisotopic (exact) mass is 403 g/mol. The van der Waals surface area contributed by atoms with Gasteiger partial charge in [0.2, 0.25) is 0 Å². The van der Waals surface area contributed by atoms with E-state index < -0.39 is 12.1 Å². The molecule has 0 aromatic heterocycles. The number of benzene rings is 2. The van der Waals surface area contributed by atoms with Crippen molar-refractivity contribution in [2.45, 2.75) is 57.1 Å². The molecule has 4 nitrogen and oxygen atoms in total. The molecule has 152 valence electrons. The van der Waals surface area contributed by atoms with E-state index in [1.165, 1.54) is 24.8 Å². The second kappa shape index (κ2) is 10.1. The summed E-state index contributed by atoms with van der Waals surface area (Å²) in [6.07, 6.45) is 3.44. The van der Waals surface area contributed by atoms with Gasteiger partial charge < -0.3 is 15.9 Å². The number of carboxylic acid groups (broad SMARTS) is 1. The van der Waals surface area contributed by atoms with E-state index in [9.17, 15) is 4.79 Å². The number of rotatable bonds is 6. The van der Waals surface area contributed by atoms with Gasteiger partial charge in [-0.2, -0.15) is 0 Å². The van der Waals surface area contributed by atoms with Crippen LogP contribution in [0.3, 0.4) is 0 Å². The van der Waals surface area contributed by atoms with Crippen LogP contribution in [0, 0.1) is 5.92 Å². The molecule has 0 saturated heterocycles. The SMILES string of the molecule is CC(C)C[C@@H](N)C1(c2ccc(Cl)cc2)CCC1.O=C(O)C(O)c1ccccc1. The molecule has 2 atom stereocenters. The summed E-state index contributed by atoms with van der Waals surface area (Å²) < 4.78 is 0. The molecule has 28 heavy (non-hydrogen) atoms. The van der Waals surface area contributed by atoms with Gasteiger partial charge in [0.05, 0.1) is 0 Å². The molecule has 4 N–H and O–H groups in total. The summed E-state index contributed by atoms with van der Waals surface area (Å²) in [4.78, 5) is 10.2. The zero-order chi connectivity index (χ0) is 20.7. The molecular weight excluding hydrogens is 374 g/mol. The Bertz CT molecular complexity index is 742. The highest BCUT2D eigenvalue weighted by Gasteiger charge is 2.43. The van der Waals surface area contributed by atoms with Crippen LogP contribution in [0.25, 0.3) is 0 Å². The molecular formula is C23H30ClNO3. The summed E-state index contributed by atoms with van der Waals surface area (Å²) in [5.74, 6) is -0.564. The fourth-order valence-corrected chi connectivity index (χ4v) is 3.85. The fraction of sp³-hybridized carbons (Fsp3) is 0.435. The molecule has 0 aliphatic heterocycles. The lowest BCUT2D eigenvalue weighted by Crippen LogP contribution is -2.50. The van der Waals surface area contributed by atoms with Crippen LogP contribution < -0.4 is 5.73 Å². The minimum absolute atomic E-state index is 0.217. The van der Waals surface area contributed by atoms with Crippen molar-refractivity contribution in [1.82, 2.24) is 0 Å². The molecule has 0 radical (unpaired) electrons. The normalized spacial score (nSPS) is 17.1. The summed E-state index contributed by atoms with van der Waals surface area (Å²) in [6.45, 7) is 4.49. The quantitative estimate of drug-likeness (QED) is 0.637. The van der Waals surface area contributed by atoms with Crippen molar-refractivity contribution in [2.75, 3.05) is 0 Å². The Morgan fingerprint density at radius 1 is 1.11 bits per heavy atom. The first-order valence-electron chi connectivity index (χ1n) is 9.73. The predicted octanol–water partition coefficient (Wildman–Crippen LogP) is 4.94. The Balaban J connectivity index is 0.000000221. The third-order valence-corrected chi connectivity index (χ3v) is 5.70. The minimum atomic E-state index is -1.41. The van der Waals surface area contributed by atoms with Gasteiger partial charge in [-0.15, -0.1) is 0 Å². The number of hydrogen-bond acceptors (Lipinski definition) is 3. The van der Waals surface area contributed by atoms with Gasteiger partial charge in [-0.05, 0) is 48.4 Å². The molecule has 0 spiro atoms. The zero-order valence-corrected chi connectivity index (χ0v) is 17.3. The average Bonchev–Trinajstić information content (AvgIpc) is 2.62. The van der Waals surface area contributed by atoms with Crippen molar-refractivity contribution in [3.63, 3.8) is 0 Å².